The van der Waals surface area contributed by atoms with Gasteiger partial charge in [-0.3, -0.25) is 0 Å². The van der Waals surface area contributed by atoms with Crippen molar-refractivity contribution in [1.82, 2.24) is 0 Å². The lowest BCUT2D eigenvalue weighted by Crippen LogP contribution is -2.20. The van der Waals surface area contributed by atoms with Gasteiger partial charge in [-0.15, -0.1) is 0 Å². The highest BCUT2D eigenvalue weighted by molar-refractivity contribution is 5.71. The van der Waals surface area contributed by atoms with Crippen molar-refractivity contribution in [2.75, 3.05) is 0 Å². The van der Waals surface area contributed by atoms with E-state index in [0.29, 0.717) is 12.3 Å². The molecule has 0 bridgehead atoms. The minimum atomic E-state index is -1.18. The van der Waals surface area contributed by atoms with Gasteiger partial charge in [0, 0.05) is 0 Å². The quantitative estimate of drug-likeness (QED) is 0.642. The standard InChI is InChI=1S/C10H20O3/c1-3-5-8(4-2)6-7-9(11)10(12)13/h8-9,11H,3-7H2,1-2H3,(H,12,13). The van der Waals surface area contributed by atoms with E-state index in [9.17, 15) is 4.79 Å². The third-order valence-corrected chi connectivity index (χ3v) is 2.41. The molecule has 0 aliphatic heterocycles. The number of hydrogen-bond acceptors (Lipinski definition) is 2. The predicted molar refractivity (Wildman–Crippen MR) is 51.6 cm³/mol. The normalized spacial score (nSPS) is 15.3. The van der Waals surface area contributed by atoms with Gasteiger partial charge in [0.15, 0.2) is 6.10 Å². The first-order valence-corrected chi connectivity index (χ1v) is 5.02. The van der Waals surface area contributed by atoms with Gasteiger partial charge in [0.05, 0.1) is 0 Å². The molecule has 2 unspecified atom stereocenters. The smallest absolute Gasteiger partial charge is 0.332 e. The van der Waals surface area contributed by atoms with Crippen molar-refractivity contribution < 1.29 is 15.0 Å². The van der Waals surface area contributed by atoms with Gasteiger partial charge in [-0.25, -0.2) is 4.79 Å². The van der Waals surface area contributed by atoms with Gasteiger partial charge >= 0.3 is 5.97 Å². The van der Waals surface area contributed by atoms with Gasteiger partial charge in [0.1, 0.15) is 0 Å². The van der Waals surface area contributed by atoms with Crippen LogP contribution in [-0.2, 0) is 4.79 Å². The van der Waals surface area contributed by atoms with Crippen molar-refractivity contribution >= 4 is 5.97 Å². The molecule has 2 N–H and O–H groups in total. The molecule has 0 radical (unpaired) electrons. The third kappa shape index (κ3) is 5.64. The zero-order chi connectivity index (χ0) is 10.3. The summed E-state index contributed by atoms with van der Waals surface area (Å²) in [5.74, 6) is -0.537. The average molecular weight is 188 g/mol. The van der Waals surface area contributed by atoms with E-state index in [1.54, 1.807) is 0 Å². The van der Waals surface area contributed by atoms with Crippen molar-refractivity contribution in [1.29, 1.82) is 0 Å². The van der Waals surface area contributed by atoms with E-state index in [2.05, 4.69) is 13.8 Å². The van der Waals surface area contributed by atoms with Crippen molar-refractivity contribution in [2.45, 2.75) is 52.1 Å². The Morgan fingerprint density at radius 2 is 1.85 bits per heavy atom. The molecule has 0 aromatic rings. The Morgan fingerprint density at radius 1 is 1.23 bits per heavy atom. The van der Waals surface area contributed by atoms with E-state index in [1.807, 2.05) is 0 Å². The van der Waals surface area contributed by atoms with Crippen LogP contribution in [0.2, 0.25) is 0 Å². The molecule has 0 aromatic carbocycles. The molecule has 3 heteroatoms. The highest BCUT2D eigenvalue weighted by Crippen LogP contribution is 2.18. The molecule has 0 spiro atoms. The number of rotatable bonds is 7. The molecule has 0 aromatic heterocycles. The van der Waals surface area contributed by atoms with E-state index in [-0.39, 0.29) is 0 Å². The van der Waals surface area contributed by atoms with Gasteiger partial charge in [-0.2, -0.15) is 0 Å². The molecule has 3 nitrogen and oxygen atoms in total. The molecule has 0 fully saturated rings. The van der Waals surface area contributed by atoms with Crippen LogP contribution in [0.25, 0.3) is 0 Å². The number of aliphatic hydroxyl groups is 1. The second-order valence-electron chi connectivity index (χ2n) is 3.49. The zero-order valence-electron chi connectivity index (χ0n) is 8.49. The molecule has 2 atom stereocenters. The average Bonchev–Trinajstić information content (AvgIpc) is 2.11. The second-order valence-corrected chi connectivity index (χ2v) is 3.49. The van der Waals surface area contributed by atoms with Crippen LogP contribution in [0.1, 0.15) is 46.0 Å². The maximum absolute atomic E-state index is 10.3. The van der Waals surface area contributed by atoms with Crippen LogP contribution in [0.5, 0.6) is 0 Å². The third-order valence-electron chi connectivity index (χ3n) is 2.41. The summed E-state index contributed by atoms with van der Waals surface area (Å²) < 4.78 is 0. The minimum absolute atomic E-state index is 0.383. The molecule has 0 heterocycles. The Morgan fingerprint density at radius 3 is 2.23 bits per heavy atom. The lowest BCUT2D eigenvalue weighted by molar-refractivity contribution is -0.147. The van der Waals surface area contributed by atoms with Crippen molar-refractivity contribution in [3.8, 4) is 0 Å². The number of aliphatic carboxylic acids is 1. The van der Waals surface area contributed by atoms with Crippen molar-refractivity contribution in [3.63, 3.8) is 0 Å². The summed E-state index contributed by atoms with van der Waals surface area (Å²) in [7, 11) is 0. The van der Waals surface area contributed by atoms with Gasteiger partial charge in [-0.05, 0) is 18.8 Å². The molecule has 0 saturated heterocycles. The molecular weight excluding hydrogens is 168 g/mol. The van der Waals surface area contributed by atoms with Crippen molar-refractivity contribution in [2.24, 2.45) is 5.92 Å². The predicted octanol–water partition coefficient (Wildman–Crippen LogP) is 2.04. The Balaban J connectivity index is 3.64. The molecular formula is C10H20O3. The van der Waals surface area contributed by atoms with Gasteiger partial charge < -0.3 is 10.2 Å². The summed E-state index contributed by atoms with van der Waals surface area (Å²) in [6.45, 7) is 4.23. The lowest BCUT2D eigenvalue weighted by Gasteiger charge is -2.14. The van der Waals surface area contributed by atoms with Gasteiger partial charge in [-0.1, -0.05) is 33.1 Å². The van der Waals surface area contributed by atoms with E-state index >= 15 is 0 Å². The summed E-state index contributed by atoms with van der Waals surface area (Å²) in [4.78, 5) is 10.3. The van der Waals surface area contributed by atoms with E-state index in [1.165, 1.54) is 0 Å². The van der Waals surface area contributed by atoms with Crippen LogP contribution in [0.3, 0.4) is 0 Å². The molecule has 0 saturated carbocycles. The molecule has 0 aliphatic rings. The van der Waals surface area contributed by atoms with Gasteiger partial charge in [0.2, 0.25) is 0 Å². The number of carbonyl (C=O) groups is 1. The number of carboxylic acids is 1. The Labute approximate surface area is 79.8 Å². The van der Waals surface area contributed by atoms with E-state index in [0.717, 1.165) is 25.7 Å². The largest absolute Gasteiger partial charge is 0.479 e. The van der Waals surface area contributed by atoms with Crippen LogP contribution >= 0.6 is 0 Å². The van der Waals surface area contributed by atoms with Crippen LogP contribution in [-0.4, -0.2) is 22.3 Å². The Hall–Kier alpha value is -0.570. The number of carboxylic acid groups (broad SMARTS) is 1. The summed E-state index contributed by atoms with van der Waals surface area (Å²) >= 11 is 0. The number of aliphatic hydroxyl groups excluding tert-OH is 1. The fraction of sp³-hybridized carbons (Fsp3) is 0.900. The number of hydrogen-bond donors (Lipinski definition) is 2. The minimum Gasteiger partial charge on any atom is -0.479 e. The maximum atomic E-state index is 10.3. The molecule has 78 valence electrons. The molecule has 13 heavy (non-hydrogen) atoms. The Kier molecular flexibility index (Phi) is 6.59. The molecule has 0 rings (SSSR count). The van der Waals surface area contributed by atoms with Crippen LogP contribution in [0.15, 0.2) is 0 Å². The molecule has 0 aliphatic carbocycles. The SMILES string of the molecule is CCCC(CC)CCC(O)C(=O)O. The highest BCUT2D eigenvalue weighted by Gasteiger charge is 2.15. The first-order chi connectivity index (χ1) is 6.11. The fourth-order valence-corrected chi connectivity index (χ4v) is 1.48. The second kappa shape index (κ2) is 6.89. The van der Waals surface area contributed by atoms with Crippen LogP contribution < -0.4 is 0 Å². The summed E-state index contributed by atoms with van der Waals surface area (Å²) in [5.41, 5.74) is 0. The summed E-state index contributed by atoms with van der Waals surface area (Å²) in [6.07, 6.45) is 3.35. The highest BCUT2D eigenvalue weighted by atomic mass is 16.4. The zero-order valence-corrected chi connectivity index (χ0v) is 8.49. The van der Waals surface area contributed by atoms with Gasteiger partial charge in [0.25, 0.3) is 0 Å². The molecule has 0 amide bonds. The monoisotopic (exact) mass is 188 g/mol. The summed E-state index contributed by atoms with van der Waals surface area (Å²) in [6, 6.07) is 0. The first-order valence-electron chi connectivity index (χ1n) is 5.02. The van der Waals surface area contributed by atoms with Crippen LogP contribution in [0, 0.1) is 5.92 Å². The van der Waals surface area contributed by atoms with E-state index < -0.39 is 12.1 Å². The topological polar surface area (TPSA) is 57.5 Å². The maximum Gasteiger partial charge on any atom is 0.332 e. The van der Waals surface area contributed by atoms with Crippen molar-refractivity contribution in [3.05, 3.63) is 0 Å². The van der Waals surface area contributed by atoms with Crippen LogP contribution in [0.4, 0.5) is 0 Å². The van der Waals surface area contributed by atoms with E-state index in [4.69, 9.17) is 10.2 Å². The first kappa shape index (κ1) is 12.4. The lowest BCUT2D eigenvalue weighted by atomic mass is 9.94. The Bertz CT molecular complexity index is 145. The summed E-state index contributed by atoms with van der Waals surface area (Å²) in [5, 5.41) is 17.5. The fourth-order valence-electron chi connectivity index (χ4n) is 1.48.